The Morgan fingerprint density at radius 3 is 3.00 bits per heavy atom. The predicted molar refractivity (Wildman–Crippen MR) is 55.1 cm³/mol. The molecule has 0 saturated carbocycles. The Morgan fingerprint density at radius 1 is 1.27 bits per heavy atom. The number of rotatable bonds is 1. The molecule has 3 rings (SSSR count). The van der Waals surface area contributed by atoms with Gasteiger partial charge in [-0.2, -0.15) is 5.10 Å². The largest absolute Gasteiger partial charge is 0.377 e. The molecule has 0 saturated heterocycles. The van der Waals surface area contributed by atoms with Gasteiger partial charge < -0.3 is 0 Å². The van der Waals surface area contributed by atoms with Gasteiger partial charge in [0.1, 0.15) is 0 Å². The molecule has 0 amide bonds. The normalized spacial score (nSPS) is 14.4. The average Bonchev–Trinajstić information content (AvgIpc) is 2.74. The molecule has 0 bridgehead atoms. The highest BCUT2D eigenvalue weighted by Crippen LogP contribution is 2.14. The standard InChI is InChI=1S/C10H11N5/c1-4-12-10-14-13-9(15(10)7-1)8-2-5-11-6-3-8/h2-3,5-6H,1,4,7H2,(H,11,12,14)/p+1. The number of H-pyrrole nitrogens is 1. The predicted octanol–water partition coefficient (Wildman–Crippen LogP) is 0.575. The van der Waals surface area contributed by atoms with Crippen LogP contribution < -0.4 is 9.88 Å². The first-order chi connectivity index (χ1) is 7.45. The summed E-state index contributed by atoms with van der Waals surface area (Å²) in [4.78, 5) is 4.01. The quantitative estimate of drug-likeness (QED) is 0.665. The molecule has 15 heavy (non-hydrogen) atoms. The van der Waals surface area contributed by atoms with Crippen LogP contribution in [0.5, 0.6) is 0 Å². The van der Waals surface area contributed by atoms with Crippen molar-refractivity contribution in [3.63, 3.8) is 0 Å². The molecule has 5 heteroatoms. The molecule has 0 unspecified atom stereocenters. The van der Waals surface area contributed by atoms with E-state index in [0.29, 0.717) is 0 Å². The Kier molecular flexibility index (Phi) is 1.87. The highest BCUT2D eigenvalue weighted by molar-refractivity contribution is 5.50. The van der Waals surface area contributed by atoms with E-state index in [4.69, 9.17) is 0 Å². The molecular formula is C10H12N5+. The van der Waals surface area contributed by atoms with Gasteiger partial charge in [-0.05, 0) is 12.1 Å². The molecule has 5 nitrogen and oxygen atoms in total. The van der Waals surface area contributed by atoms with Crippen molar-refractivity contribution < 1.29 is 4.57 Å². The van der Waals surface area contributed by atoms with Crippen LogP contribution in [0.4, 0.5) is 5.95 Å². The lowest BCUT2D eigenvalue weighted by molar-refractivity contribution is -0.675. The molecule has 2 aromatic rings. The Morgan fingerprint density at radius 2 is 2.13 bits per heavy atom. The first kappa shape index (κ1) is 8.40. The van der Waals surface area contributed by atoms with Crippen LogP contribution in [-0.2, 0) is 6.54 Å². The summed E-state index contributed by atoms with van der Waals surface area (Å²) in [5, 5.41) is 10.6. The fourth-order valence-corrected chi connectivity index (χ4v) is 1.85. The van der Waals surface area contributed by atoms with Crippen molar-refractivity contribution in [1.82, 2.24) is 15.2 Å². The Bertz CT molecular complexity index is 462. The van der Waals surface area contributed by atoms with Crippen LogP contribution in [0, 0.1) is 0 Å². The van der Waals surface area contributed by atoms with Crippen molar-refractivity contribution in [3.05, 3.63) is 24.5 Å². The third-order valence-electron chi connectivity index (χ3n) is 2.59. The van der Waals surface area contributed by atoms with Gasteiger partial charge in [-0.15, -0.1) is 0 Å². The van der Waals surface area contributed by atoms with E-state index in [1.54, 1.807) is 12.4 Å². The summed E-state index contributed by atoms with van der Waals surface area (Å²) in [6.45, 7) is 2.01. The van der Waals surface area contributed by atoms with Crippen molar-refractivity contribution in [2.75, 3.05) is 11.9 Å². The van der Waals surface area contributed by atoms with Crippen LogP contribution >= 0.6 is 0 Å². The average molecular weight is 202 g/mol. The molecule has 0 radical (unpaired) electrons. The first-order valence-electron chi connectivity index (χ1n) is 5.07. The minimum Gasteiger partial charge on any atom is -0.292 e. The molecule has 0 aromatic carbocycles. The highest BCUT2D eigenvalue weighted by atomic mass is 15.4. The number of hydrogen-bond donors (Lipinski definition) is 2. The van der Waals surface area contributed by atoms with Crippen LogP contribution in [0.15, 0.2) is 24.5 Å². The fraction of sp³-hybridized carbons (Fsp3) is 0.300. The van der Waals surface area contributed by atoms with Gasteiger partial charge in [-0.25, -0.2) is 4.57 Å². The van der Waals surface area contributed by atoms with Crippen molar-refractivity contribution in [2.45, 2.75) is 13.0 Å². The zero-order valence-corrected chi connectivity index (χ0v) is 8.27. The van der Waals surface area contributed by atoms with E-state index in [2.05, 4.69) is 25.1 Å². The molecule has 2 N–H and O–H groups in total. The third kappa shape index (κ3) is 1.36. The zero-order valence-electron chi connectivity index (χ0n) is 8.27. The lowest BCUT2D eigenvalue weighted by Gasteiger charge is -2.09. The molecule has 0 aliphatic carbocycles. The molecular weight excluding hydrogens is 190 g/mol. The van der Waals surface area contributed by atoms with E-state index in [1.807, 2.05) is 12.1 Å². The topological polar surface area (TPSA) is 57.5 Å². The molecule has 3 heterocycles. The third-order valence-corrected chi connectivity index (χ3v) is 2.59. The number of nitrogens with one attached hydrogen (secondary N) is 2. The van der Waals surface area contributed by atoms with Gasteiger partial charge >= 0.3 is 5.95 Å². The van der Waals surface area contributed by atoms with Gasteiger partial charge in [0, 0.05) is 29.5 Å². The summed E-state index contributed by atoms with van der Waals surface area (Å²) >= 11 is 0. The summed E-state index contributed by atoms with van der Waals surface area (Å²) in [7, 11) is 0. The van der Waals surface area contributed by atoms with Crippen molar-refractivity contribution >= 4 is 5.95 Å². The van der Waals surface area contributed by atoms with Gasteiger partial charge in [0.05, 0.1) is 13.1 Å². The minimum absolute atomic E-state index is 0.924. The van der Waals surface area contributed by atoms with E-state index in [0.717, 1.165) is 36.8 Å². The summed E-state index contributed by atoms with van der Waals surface area (Å²) in [5.41, 5.74) is 1.12. The Hall–Kier alpha value is -1.91. The van der Waals surface area contributed by atoms with Gasteiger partial charge in [-0.1, -0.05) is 0 Å². The molecule has 0 fully saturated rings. The number of anilines is 1. The Labute approximate surface area is 87.2 Å². The number of hydrogen-bond acceptors (Lipinski definition) is 3. The van der Waals surface area contributed by atoms with E-state index < -0.39 is 0 Å². The number of nitrogens with zero attached hydrogens (tertiary/aromatic N) is 3. The minimum atomic E-state index is 0.924. The SMILES string of the molecule is c1cc(-c2[nH]nc3[n+]2CCCN3)ccn1. The van der Waals surface area contributed by atoms with Crippen molar-refractivity contribution in [3.8, 4) is 11.4 Å². The van der Waals surface area contributed by atoms with Gasteiger partial charge in [-0.3, -0.25) is 10.3 Å². The molecule has 76 valence electrons. The molecule has 0 atom stereocenters. The summed E-state index contributed by atoms with van der Waals surface area (Å²) in [6, 6.07) is 3.96. The van der Waals surface area contributed by atoms with E-state index in [1.165, 1.54) is 0 Å². The Balaban J connectivity index is 2.09. The smallest absolute Gasteiger partial charge is 0.292 e. The van der Waals surface area contributed by atoms with E-state index in [-0.39, 0.29) is 0 Å². The highest BCUT2D eigenvalue weighted by Gasteiger charge is 2.22. The number of fused-ring (bicyclic) bond motifs is 1. The van der Waals surface area contributed by atoms with Gasteiger partial charge in [0.2, 0.25) is 5.82 Å². The lowest BCUT2D eigenvalue weighted by atomic mass is 10.2. The maximum Gasteiger partial charge on any atom is 0.377 e. The maximum absolute atomic E-state index is 4.24. The van der Waals surface area contributed by atoms with Crippen molar-refractivity contribution in [2.24, 2.45) is 0 Å². The lowest BCUT2D eigenvalue weighted by Crippen LogP contribution is -2.42. The number of aromatic nitrogens is 4. The molecule has 0 spiro atoms. The van der Waals surface area contributed by atoms with E-state index in [9.17, 15) is 0 Å². The maximum atomic E-state index is 4.24. The van der Waals surface area contributed by atoms with Crippen LogP contribution in [0.25, 0.3) is 11.4 Å². The van der Waals surface area contributed by atoms with Crippen molar-refractivity contribution in [1.29, 1.82) is 0 Å². The second-order valence-corrected chi connectivity index (χ2v) is 3.56. The molecule has 1 aliphatic rings. The van der Waals surface area contributed by atoms with Crippen LogP contribution in [0.3, 0.4) is 0 Å². The fourth-order valence-electron chi connectivity index (χ4n) is 1.85. The van der Waals surface area contributed by atoms with Crippen LogP contribution in [-0.4, -0.2) is 21.7 Å². The molecule has 1 aliphatic heterocycles. The summed E-state index contributed by atoms with van der Waals surface area (Å²) < 4.78 is 2.17. The zero-order chi connectivity index (χ0) is 10.1. The second kappa shape index (κ2) is 3.34. The van der Waals surface area contributed by atoms with Crippen LogP contribution in [0.2, 0.25) is 0 Å². The second-order valence-electron chi connectivity index (χ2n) is 3.56. The number of pyridine rings is 1. The monoisotopic (exact) mass is 202 g/mol. The summed E-state index contributed by atoms with van der Waals surface area (Å²) in [5.74, 6) is 1.97. The first-order valence-corrected chi connectivity index (χ1v) is 5.07. The van der Waals surface area contributed by atoms with E-state index >= 15 is 0 Å². The number of aromatic amines is 1. The molecule has 2 aromatic heterocycles. The summed E-state index contributed by atoms with van der Waals surface area (Å²) in [6.07, 6.45) is 4.72. The van der Waals surface area contributed by atoms with Gasteiger partial charge in [0.15, 0.2) is 0 Å². The van der Waals surface area contributed by atoms with Gasteiger partial charge in [0.25, 0.3) is 0 Å². The van der Waals surface area contributed by atoms with Crippen LogP contribution in [0.1, 0.15) is 6.42 Å².